The van der Waals surface area contributed by atoms with E-state index in [4.69, 9.17) is 0 Å². The standard InChI is InChI=1S/C15H22BrN/c1-3-15(13-5-4-6-14(16)9-13)17-10-11(2)12-7-8-12/h4-6,9,11-12,15,17H,3,7-8,10H2,1-2H3. The van der Waals surface area contributed by atoms with Gasteiger partial charge in [-0.2, -0.15) is 0 Å². The van der Waals surface area contributed by atoms with Gasteiger partial charge >= 0.3 is 0 Å². The number of benzene rings is 1. The van der Waals surface area contributed by atoms with Crippen LogP contribution in [-0.2, 0) is 0 Å². The Morgan fingerprint density at radius 1 is 1.41 bits per heavy atom. The third-order valence-electron chi connectivity index (χ3n) is 3.77. The van der Waals surface area contributed by atoms with E-state index in [0.29, 0.717) is 6.04 Å². The minimum Gasteiger partial charge on any atom is -0.310 e. The summed E-state index contributed by atoms with van der Waals surface area (Å²) >= 11 is 3.55. The Morgan fingerprint density at radius 3 is 2.76 bits per heavy atom. The SMILES string of the molecule is CCC(NCC(C)C1CC1)c1cccc(Br)c1. The molecule has 1 aliphatic rings. The molecule has 0 spiro atoms. The smallest absolute Gasteiger partial charge is 0.0318 e. The summed E-state index contributed by atoms with van der Waals surface area (Å²) in [6.07, 6.45) is 4.03. The summed E-state index contributed by atoms with van der Waals surface area (Å²) in [5.41, 5.74) is 1.39. The van der Waals surface area contributed by atoms with Crippen molar-refractivity contribution in [2.75, 3.05) is 6.54 Å². The monoisotopic (exact) mass is 295 g/mol. The molecule has 2 unspecified atom stereocenters. The lowest BCUT2D eigenvalue weighted by Gasteiger charge is -2.20. The van der Waals surface area contributed by atoms with Crippen LogP contribution in [0.1, 0.15) is 44.7 Å². The van der Waals surface area contributed by atoms with Gasteiger partial charge in [-0.15, -0.1) is 0 Å². The molecule has 1 N–H and O–H groups in total. The zero-order chi connectivity index (χ0) is 12.3. The van der Waals surface area contributed by atoms with E-state index in [1.165, 1.54) is 22.9 Å². The molecule has 1 aromatic rings. The van der Waals surface area contributed by atoms with Crippen LogP contribution < -0.4 is 5.32 Å². The Labute approximate surface area is 113 Å². The van der Waals surface area contributed by atoms with Crippen molar-refractivity contribution in [3.63, 3.8) is 0 Å². The predicted molar refractivity (Wildman–Crippen MR) is 77.1 cm³/mol. The highest BCUT2D eigenvalue weighted by molar-refractivity contribution is 9.10. The van der Waals surface area contributed by atoms with Crippen molar-refractivity contribution in [1.82, 2.24) is 5.32 Å². The fraction of sp³-hybridized carbons (Fsp3) is 0.600. The lowest BCUT2D eigenvalue weighted by atomic mass is 10.0. The molecule has 1 nitrogen and oxygen atoms in total. The summed E-state index contributed by atoms with van der Waals surface area (Å²) in [6, 6.07) is 9.14. The summed E-state index contributed by atoms with van der Waals surface area (Å²) in [4.78, 5) is 0. The largest absolute Gasteiger partial charge is 0.310 e. The Hall–Kier alpha value is -0.340. The number of hydrogen-bond acceptors (Lipinski definition) is 1. The quantitative estimate of drug-likeness (QED) is 0.813. The fourth-order valence-corrected chi connectivity index (χ4v) is 2.80. The molecule has 0 saturated heterocycles. The summed E-state index contributed by atoms with van der Waals surface area (Å²) in [7, 11) is 0. The van der Waals surface area contributed by atoms with Gasteiger partial charge < -0.3 is 5.32 Å². The highest BCUT2D eigenvalue weighted by Crippen LogP contribution is 2.36. The summed E-state index contributed by atoms with van der Waals surface area (Å²) in [6.45, 7) is 5.77. The molecule has 1 saturated carbocycles. The maximum absolute atomic E-state index is 3.71. The van der Waals surface area contributed by atoms with Gasteiger partial charge in [0.2, 0.25) is 0 Å². The van der Waals surface area contributed by atoms with Gasteiger partial charge in [0.25, 0.3) is 0 Å². The molecule has 0 bridgehead atoms. The average Bonchev–Trinajstić information content (AvgIpc) is 3.13. The third-order valence-corrected chi connectivity index (χ3v) is 4.27. The van der Waals surface area contributed by atoms with Gasteiger partial charge in [-0.1, -0.05) is 41.9 Å². The van der Waals surface area contributed by atoms with Crippen LogP contribution in [0.2, 0.25) is 0 Å². The molecule has 2 atom stereocenters. The molecule has 1 fully saturated rings. The maximum atomic E-state index is 3.71. The van der Waals surface area contributed by atoms with E-state index >= 15 is 0 Å². The summed E-state index contributed by atoms with van der Waals surface area (Å²) in [5, 5.41) is 3.71. The lowest BCUT2D eigenvalue weighted by Crippen LogP contribution is -2.26. The first kappa shape index (κ1) is 13.1. The van der Waals surface area contributed by atoms with Gasteiger partial charge in [-0.05, 0) is 55.3 Å². The van der Waals surface area contributed by atoms with Crippen LogP contribution in [0.3, 0.4) is 0 Å². The molecule has 1 aromatic carbocycles. The second-order valence-corrected chi connectivity index (χ2v) is 6.15. The van der Waals surface area contributed by atoms with E-state index in [-0.39, 0.29) is 0 Å². The molecule has 17 heavy (non-hydrogen) atoms. The summed E-state index contributed by atoms with van der Waals surface area (Å²) in [5.74, 6) is 1.82. The van der Waals surface area contributed by atoms with Crippen LogP contribution in [-0.4, -0.2) is 6.54 Å². The minimum absolute atomic E-state index is 0.494. The van der Waals surface area contributed by atoms with Crippen molar-refractivity contribution in [3.8, 4) is 0 Å². The zero-order valence-corrected chi connectivity index (χ0v) is 12.3. The van der Waals surface area contributed by atoms with Crippen LogP contribution in [0.25, 0.3) is 0 Å². The number of rotatable bonds is 6. The first-order valence-electron chi connectivity index (χ1n) is 6.69. The van der Waals surface area contributed by atoms with Crippen molar-refractivity contribution in [2.24, 2.45) is 11.8 Å². The molecule has 0 heterocycles. The zero-order valence-electron chi connectivity index (χ0n) is 10.7. The van der Waals surface area contributed by atoms with Gasteiger partial charge in [0, 0.05) is 10.5 Å². The van der Waals surface area contributed by atoms with E-state index in [9.17, 15) is 0 Å². The maximum Gasteiger partial charge on any atom is 0.0318 e. The van der Waals surface area contributed by atoms with Gasteiger partial charge in [-0.3, -0.25) is 0 Å². The van der Waals surface area contributed by atoms with Crippen LogP contribution >= 0.6 is 15.9 Å². The summed E-state index contributed by atoms with van der Waals surface area (Å²) < 4.78 is 1.17. The Balaban J connectivity index is 1.91. The van der Waals surface area contributed by atoms with E-state index in [1.54, 1.807) is 0 Å². The second-order valence-electron chi connectivity index (χ2n) is 5.24. The molecule has 0 aromatic heterocycles. The predicted octanol–water partition coefficient (Wildman–Crippen LogP) is 4.54. The molecule has 2 heteroatoms. The van der Waals surface area contributed by atoms with Crippen LogP contribution in [0, 0.1) is 11.8 Å². The molecule has 94 valence electrons. The van der Waals surface area contributed by atoms with E-state index in [1.807, 2.05) is 0 Å². The number of halogens is 1. The molecule has 1 aliphatic carbocycles. The van der Waals surface area contributed by atoms with Crippen molar-refractivity contribution >= 4 is 15.9 Å². The van der Waals surface area contributed by atoms with Crippen LogP contribution in [0.4, 0.5) is 0 Å². The average molecular weight is 296 g/mol. The van der Waals surface area contributed by atoms with Crippen LogP contribution in [0.15, 0.2) is 28.7 Å². The molecular weight excluding hydrogens is 274 g/mol. The first-order valence-corrected chi connectivity index (χ1v) is 7.49. The molecule has 2 rings (SSSR count). The van der Waals surface area contributed by atoms with Crippen molar-refractivity contribution in [3.05, 3.63) is 34.3 Å². The Bertz CT molecular complexity index is 360. The third kappa shape index (κ3) is 3.82. The molecule has 0 amide bonds. The van der Waals surface area contributed by atoms with E-state index in [0.717, 1.165) is 24.8 Å². The minimum atomic E-state index is 0.494. The van der Waals surface area contributed by atoms with Crippen molar-refractivity contribution in [2.45, 2.75) is 39.2 Å². The molecule has 0 aliphatic heterocycles. The van der Waals surface area contributed by atoms with Crippen LogP contribution in [0.5, 0.6) is 0 Å². The highest BCUT2D eigenvalue weighted by atomic mass is 79.9. The van der Waals surface area contributed by atoms with Gasteiger partial charge in [0.1, 0.15) is 0 Å². The van der Waals surface area contributed by atoms with Gasteiger partial charge in [0.15, 0.2) is 0 Å². The molecule has 0 radical (unpaired) electrons. The second kappa shape index (κ2) is 6.01. The fourth-order valence-electron chi connectivity index (χ4n) is 2.38. The normalized spacial score (nSPS) is 19.0. The van der Waals surface area contributed by atoms with Crippen molar-refractivity contribution in [1.29, 1.82) is 0 Å². The first-order chi connectivity index (χ1) is 8.20. The topological polar surface area (TPSA) is 12.0 Å². The molecular formula is C15H22BrN. The number of hydrogen-bond donors (Lipinski definition) is 1. The Kier molecular flexibility index (Phi) is 4.63. The highest BCUT2D eigenvalue weighted by Gasteiger charge is 2.27. The van der Waals surface area contributed by atoms with Gasteiger partial charge in [-0.25, -0.2) is 0 Å². The van der Waals surface area contributed by atoms with E-state index in [2.05, 4.69) is 59.4 Å². The van der Waals surface area contributed by atoms with E-state index < -0.39 is 0 Å². The lowest BCUT2D eigenvalue weighted by molar-refractivity contribution is 0.414. The Morgan fingerprint density at radius 2 is 2.18 bits per heavy atom. The van der Waals surface area contributed by atoms with Crippen molar-refractivity contribution < 1.29 is 0 Å². The van der Waals surface area contributed by atoms with Gasteiger partial charge in [0.05, 0.1) is 0 Å². The number of nitrogens with one attached hydrogen (secondary N) is 1.